The van der Waals surface area contributed by atoms with Crippen molar-refractivity contribution >= 4 is 15.9 Å². The van der Waals surface area contributed by atoms with E-state index >= 15 is 0 Å². The third-order valence-corrected chi connectivity index (χ3v) is 8.13. The molecule has 6 nitrogen and oxygen atoms in total. The van der Waals surface area contributed by atoms with E-state index in [1.165, 1.54) is 21.9 Å². The number of hydrogen-bond acceptors (Lipinski definition) is 4. The molecule has 2 aliphatic rings. The largest absolute Gasteiger partial charge is 0.481 e. The van der Waals surface area contributed by atoms with Crippen LogP contribution in [-0.2, 0) is 27.7 Å². The van der Waals surface area contributed by atoms with Gasteiger partial charge >= 0.3 is 0 Å². The van der Waals surface area contributed by atoms with Crippen molar-refractivity contribution in [1.29, 1.82) is 0 Å². The summed E-state index contributed by atoms with van der Waals surface area (Å²) >= 11 is 0. The molecule has 2 aromatic rings. The lowest BCUT2D eigenvalue weighted by Crippen LogP contribution is -2.53. The normalized spacial score (nSPS) is 18.3. The summed E-state index contributed by atoms with van der Waals surface area (Å²) < 4.78 is 33.3. The van der Waals surface area contributed by atoms with E-state index in [0.29, 0.717) is 18.0 Å². The summed E-state index contributed by atoms with van der Waals surface area (Å²) in [4.78, 5) is 15.0. The summed E-state index contributed by atoms with van der Waals surface area (Å²) in [5.74, 6) is 0.708. The van der Waals surface area contributed by atoms with Crippen molar-refractivity contribution in [2.24, 2.45) is 0 Å². The molecule has 0 unspecified atom stereocenters. The maximum Gasteiger partial charge on any atom is 0.263 e. The molecule has 0 aromatic heterocycles. The van der Waals surface area contributed by atoms with Crippen LogP contribution in [0.25, 0.3) is 0 Å². The van der Waals surface area contributed by atoms with Crippen molar-refractivity contribution in [2.45, 2.75) is 50.5 Å². The number of ether oxygens (including phenoxy) is 1. The molecule has 0 bridgehead atoms. The fraction of sp³-hybridized carbons (Fsp3) is 0.458. The Morgan fingerprint density at radius 1 is 0.968 bits per heavy atom. The monoisotopic (exact) mass is 442 g/mol. The van der Waals surface area contributed by atoms with E-state index in [4.69, 9.17) is 4.74 Å². The molecule has 4 rings (SSSR count). The van der Waals surface area contributed by atoms with Gasteiger partial charge in [-0.15, -0.1) is 0 Å². The topological polar surface area (TPSA) is 66.9 Å². The van der Waals surface area contributed by atoms with Crippen LogP contribution < -0.4 is 4.74 Å². The van der Waals surface area contributed by atoms with Crippen LogP contribution in [-0.4, -0.2) is 55.8 Å². The van der Waals surface area contributed by atoms with Crippen molar-refractivity contribution in [3.63, 3.8) is 0 Å². The molecule has 166 valence electrons. The van der Waals surface area contributed by atoms with Crippen LogP contribution in [0.5, 0.6) is 5.75 Å². The summed E-state index contributed by atoms with van der Waals surface area (Å²) in [5, 5.41) is 0. The zero-order valence-electron chi connectivity index (χ0n) is 18.2. The molecule has 0 radical (unpaired) electrons. The van der Waals surface area contributed by atoms with E-state index in [9.17, 15) is 13.2 Å². The number of sulfonamides is 1. The van der Waals surface area contributed by atoms with E-state index < -0.39 is 16.1 Å². The van der Waals surface area contributed by atoms with Crippen molar-refractivity contribution < 1.29 is 17.9 Å². The SMILES string of the molecule is Cc1ccc(S(=O)(=O)N2CCN(C(=O)[C@@H](C)Oc3cccc4c3CCCC4)CC2)cc1. The number of hydrogen-bond donors (Lipinski definition) is 0. The van der Waals surface area contributed by atoms with Gasteiger partial charge in [0.05, 0.1) is 4.90 Å². The summed E-state index contributed by atoms with van der Waals surface area (Å²) in [5.41, 5.74) is 3.56. The zero-order chi connectivity index (χ0) is 22.0. The first-order valence-corrected chi connectivity index (χ1v) is 12.4. The standard InChI is InChI=1S/C24H30N2O4S/c1-18-10-12-21(13-11-18)31(28,29)26-16-14-25(15-17-26)24(27)19(2)30-23-9-5-7-20-6-3-4-8-22(20)23/h5,7,9-13,19H,3-4,6,8,14-17H2,1-2H3/t19-/m1/s1. The van der Waals surface area contributed by atoms with Crippen LogP contribution in [0.4, 0.5) is 0 Å². The molecular formula is C24H30N2O4S. The molecule has 2 aromatic carbocycles. The molecule has 1 aliphatic carbocycles. The molecule has 1 heterocycles. The summed E-state index contributed by atoms with van der Waals surface area (Å²) in [6, 6.07) is 13.0. The number of rotatable bonds is 5. The van der Waals surface area contributed by atoms with Gasteiger partial charge < -0.3 is 9.64 Å². The van der Waals surface area contributed by atoms with Gasteiger partial charge in [-0.1, -0.05) is 29.8 Å². The Bertz CT molecular complexity index is 1040. The molecule has 0 N–H and O–H groups in total. The number of aryl methyl sites for hydroxylation is 2. The van der Waals surface area contributed by atoms with Crippen molar-refractivity contribution in [1.82, 2.24) is 9.21 Å². The molecule has 1 atom stereocenters. The van der Waals surface area contributed by atoms with E-state index in [2.05, 4.69) is 6.07 Å². The first-order valence-electron chi connectivity index (χ1n) is 11.0. The van der Waals surface area contributed by atoms with E-state index in [0.717, 1.165) is 30.6 Å². The minimum Gasteiger partial charge on any atom is -0.481 e. The van der Waals surface area contributed by atoms with Crippen molar-refractivity contribution in [2.75, 3.05) is 26.2 Å². The molecule has 7 heteroatoms. The van der Waals surface area contributed by atoms with Crippen LogP contribution in [0, 0.1) is 6.92 Å². The average Bonchev–Trinajstić information content (AvgIpc) is 2.79. The van der Waals surface area contributed by atoms with Crippen molar-refractivity contribution in [3.8, 4) is 5.75 Å². The molecule has 0 saturated carbocycles. The number of benzene rings is 2. The highest BCUT2D eigenvalue weighted by Gasteiger charge is 2.32. The third-order valence-electron chi connectivity index (χ3n) is 6.21. The number of nitrogens with zero attached hydrogens (tertiary/aromatic N) is 2. The van der Waals surface area contributed by atoms with E-state index in [1.54, 1.807) is 36.1 Å². The van der Waals surface area contributed by atoms with Gasteiger partial charge in [0.2, 0.25) is 10.0 Å². The maximum absolute atomic E-state index is 13.0. The van der Waals surface area contributed by atoms with Crippen LogP contribution in [0.15, 0.2) is 47.4 Å². The molecule has 0 spiro atoms. The Hall–Kier alpha value is -2.38. The highest BCUT2D eigenvalue weighted by molar-refractivity contribution is 7.89. The van der Waals surface area contributed by atoms with E-state index in [1.807, 2.05) is 19.1 Å². The van der Waals surface area contributed by atoms with Crippen molar-refractivity contribution in [3.05, 3.63) is 59.2 Å². The lowest BCUT2D eigenvalue weighted by atomic mass is 9.91. The van der Waals surface area contributed by atoms with Crippen LogP contribution in [0.3, 0.4) is 0 Å². The Morgan fingerprint density at radius 2 is 1.65 bits per heavy atom. The molecule has 1 fully saturated rings. The summed E-state index contributed by atoms with van der Waals surface area (Å²) in [6.45, 7) is 5.01. The van der Waals surface area contributed by atoms with E-state index in [-0.39, 0.29) is 19.0 Å². The van der Waals surface area contributed by atoms with Gasteiger partial charge in [-0.3, -0.25) is 4.79 Å². The Labute approximate surface area is 184 Å². The number of fused-ring (bicyclic) bond motifs is 1. The lowest BCUT2D eigenvalue weighted by Gasteiger charge is -2.35. The Morgan fingerprint density at radius 3 is 2.35 bits per heavy atom. The van der Waals surface area contributed by atoms with Gasteiger partial charge in [0.15, 0.2) is 6.10 Å². The third kappa shape index (κ3) is 4.62. The average molecular weight is 443 g/mol. The van der Waals surface area contributed by atoms with Gasteiger partial charge in [-0.25, -0.2) is 8.42 Å². The second kappa shape index (κ2) is 9.01. The fourth-order valence-electron chi connectivity index (χ4n) is 4.36. The quantitative estimate of drug-likeness (QED) is 0.713. The number of amides is 1. The van der Waals surface area contributed by atoms with Gasteiger partial charge in [-0.05, 0) is 68.9 Å². The first kappa shape index (κ1) is 21.8. The Balaban J connectivity index is 1.37. The highest BCUT2D eigenvalue weighted by Crippen LogP contribution is 2.30. The smallest absolute Gasteiger partial charge is 0.263 e. The second-order valence-electron chi connectivity index (χ2n) is 8.40. The zero-order valence-corrected chi connectivity index (χ0v) is 19.0. The summed E-state index contributed by atoms with van der Waals surface area (Å²) in [6.07, 6.45) is 3.79. The molecule has 1 aliphatic heterocycles. The molecule has 1 amide bonds. The first-order chi connectivity index (χ1) is 14.9. The van der Waals surface area contributed by atoms with Gasteiger partial charge in [-0.2, -0.15) is 4.31 Å². The highest BCUT2D eigenvalue weighted by atomic mass is 32.2. The number of carbonyl (C=O) groups excluding carboxylic acids is 1. The second-order valence-corrected chi connectivity index (χ2v) is 10.3. The van der Waals surface area contributed by atoms with Gasteiger partial charge in [0.1, 0.15) is 5.75 Å². The van der Waals surface area contributed by atoms with Gasteiger partial charge in [0, 0.05) is 26.2 Å². The van der Waals surface area contributed by atoms with Crippen LogP contribution >= 0.6 is 0 Å². The number of carbonyl (C=O) groups is 1. The Kier molecular flexibility index (Phi) is 6.34. The number of piperazine rings is 1. The van der Waals surface area contributed by atoms with Gasteiger partial charge in [0.25, 0.3) is 5.91 Å². The van der Waals surface area contributed by atoms with Crippen LogP contribution in [0.1, 0.15) is 36.5 Å². The minimum absolute atomic E-state index is 0.0965. The maximum atomic E-state index is 13.0. The van der Waals surface area contributed by atoms with Crippen LogP contribution in [0.2, 0.25) is 0 Å². The molecular weight excluding hydrogens is 412 g/mol. The predicted molar refractivity (Wildman–Crippen MR) is 120 cm³/mol. The summed E-state index contributed by atoms with van der Waals surface area (Å²) in [7, 11) is -3.54. The lowest BCUT2D eigenvalue weighted by molar-refractivity contribution is -0.139. The molecule has 31 heavy (non-hydrogen) atoms. The fourth-order valence-corrected chi connectivity index (χ4v) is 5.79. The minimum atomic E-state index is -3.54. The predicted octanol–water partition coefficient (Wildman–Crippen LogP) is 3.17. The molecule has 1 saturated heterocycles.